The van der Waals surface area contributed by atoms with Crippen LogP contribution in [-0.2, 0) is 29.1 Å². The van der Waals surface area contributed by atoms with Gasteiger partial charge in [-0.05, 0) is 47.4 Å². The lowest BCUT2D eigenvalue weighted by atomic mass is 9.90. The molecule has 0 aliphatic carbocycles. The number of carbonyl (C=O) groups excluding carboxylic acids is 2. The zero-order chi connectivity index (χ0) is 38.6. The first-order valence-corrected chi connectivity index (χ1v) is 19.3. The van der Waals surface area contributed by atoms with Crippen molar-refractivity contribution in [3.05, 3.63) is 165 Å². The molecule has 0 bridgehead atoms. The van der Waals surface area contributed by atoms with Crippen molar-refractivity contribution < 1.29 is 40.3 Å². The third-order valence-corrected chi connectivity index (χ3v) is 10.8. The second-order valence-corrected chi connectivity index (χ2v) is 15.3. The molecule has 13 heteroatoms. The summed E-state index contributed by atoms with van der Waals surface area (Å²) in [7, 11) is -4.06. The van der Waals surface area contributed by atoms with Gasteiger partial charge < -0.3 is 4.74 Å². The van der Waals surface area contributed by atoms with Crippen LogP contribution < -0.4 is 4.74 Å². The van der Waals surface area contributed by atoms with Gasteiger partial charge in [0, 0.05) is 43.4 Å². The van der Waals surface area contributed by atoms with Gasteiger partial charge >= 0.3 is 6.18 Å². The number of sulfone groups is 1. The van der Waals surface area contributed by atoms with Crippen LogP contribution in [0.3, 0.4) is 0 Å². The maximum Gasteiger partial charge on any atom is 0.417 e. The summed E-state index contributed by atoms with van der Waals surface area (Å²) in [6.45, 7) is 0.201. The second kappa shape index (κ2) is 16.1. The van der Waals surface area contributed by atoms with Gasteiger partial charge in [0.05, 0.1) is 39.8 Å². The quantitative estimate of drug-likeness (QED) is 0.0637. The van der Waals surface area contributed by atoms with Gasteiger partial charge in [-0.15, -0.1) is 0 Å². The minimum atomic E-state index is -4.64. The molecule has 0 saturated carbocycles. The molecule has 0 unspecified atom stereocenters. The van der Waals surface area contributed by atoms with Crippen LogP contribution in [0.15, 0.2) is 120 Å². The maximum atomic E-state index is 15.7. The number of nitrogens with zero attached hydrogens (tertiary/aromatic N) is 2. The highest BCUT2D eigenvalue weighted by molar-refractivity contribution is 7.90. The van der Waals surface area contributed by atoms with Crippen LogP contribution in [0.5, 0.6) is 5.75 Å². The first kappa shape index (κ1) is 38.7. The van der Waals surface area contributed by atoms with Gasteiger partial charge in [-0.25, -0.2) is 12.8 Å². The highest BCUT2D eigenvalue weighted by atomic mass is 35.5. The summed E-state index contributed by atoms with van der Waals surface area (Å²) in [6.07, 6.45) is -3.42. The number of alkyl halides is 3. The maximum absolute atomic E-state index is 15.7. The van der Waals surface area contributed by atoms with Crippen molar-refractivity contribution in [2.75, 3.05) is 26.0 Å². The van der Waals surface area contributed by atoms with E-state index in [1.165, 1.54) is 18.2 Å². The van der Waals surface area contributed by atoms with Crippen LogP contribution in [-0.4, -0.2) is 56.0 Å². The van der Waals surface area contributed by atoms with E-state index in [2.05, 4.69) is 0 Å². The molecule has 5 aromatic carbocycles. The van der Waals surface area contributed by atoms with E-state index in [0.29, 0.717) is 25.1 Å². The van der Waals surface area contributed by atoms with Gasteiger partial charge in [0.25, 0.3) is 11.8 Å². The van der Waals surface area contributed by atoms with Crippen LogP contribution in [0, 0.1) is 5.82 Å². The summed E-state index contributed by atoms with van der Waals surface area (Å²) in [6, 6.07) is 31.5. The second-order valence-electron chi connectivity index (χ2n) is 13.0. The largest absolute Gasteiger partial charge is 0.493 e. The standard InChI is InChI=1S/C41H35ClF4N2O5S/c1-54(51,52)37-23-30(22-36(43)34(37)26-48-39(49)31-17-8-9-18-32(31)40(48)50)53-21-11-20-47(24-29-16-10-19-35(38(29)42)41(44,45)46)25-33(27-12-4-2-5-13-27)28-14-6-3-7-15-28/h2-10,12-19,22-23,33H,11,20-21,24-26H2,1H3. The van der Waals surface area contributed by atoms with E-state index in [0.717, 1.165) is 40.5 Å². The molecule has 0 saturated heterocycles. The van der Waals surface area contributed by atoms with Crippen LogP contribution in [0.4, 0.5) is 17.6 Å². The van der Waals surface area contributed by atoms with Gasteiger partial charge in [0.2, 0.25) is 0 Å². The van der Waals surface area contributed by atoms with Crippen LogP contribution in [0.1, 0.15) is 60.9 Å². The zero-order valence-corrected chi connectivity index (χ0v) is 30.6. The molecule has 5 aromatic rings. The predicted octanol–water partition coefficient (Wildman–Crippen LogP) is 8.80. The van der Waals surface area contributed by atoms with Crippen LogP contribution in [0.2, 0.25) is 5.02 Å². The van der Waals surface area contributed by atoms with Gasteiger partial charge in [0.1, 0.15) is 11.6 Å². The fraction of sp³-hybridized carbons (Fsp3) is 0.220. The summed E-state index contributed by atoms with van der Waals surface area (Å²) in [5.74, 6) is -2.53. The summed E-state index contributed by atoms with van der Waals surface area (Å²) in [4.78, 5) is 28.3. The van der Waals surface area contributed by atoms with Crippen molar-refractivity contribution in [1.82, 2.24) is 9.80 Å². The summed E-state index contributed by atoms with van der Waals surface area (Å²) >= 11 is 6.33. The van der Waals surface area contributed by atoms with E-state index in [4.69, 9.17) is 16.3 Å². The van der Waals surface area contributed by atoms with Crippen molar-refractivity contribution in [3.8, 4) is 5.75 Å². The topological polar surface area (TPSA) is 84.0 Å². The summed E-state index contributed by atoms with van der Waals surface area (Å²) in [5.41, 5.74) is 1.31. The van der Waals surface area contributed by atoms with Crippen molar-refractivity contribution in [3.63, 3.8) is 0 Å². The Morgan fingerprint density at radius 2 is 1.39 bits per heavy atom. The Labute approximate surface area is 315 Å². The Kier molecular flexibility index (Phi) is 11.6. The van der Waals surface area contributed by atoms with Gasteiger partial charge in [-0.1, -0.05) is 96.5 Å². The molecule has 0 atom stereocenters. The number of halogens is 5. The number of hydrogen-bond acceptors (Lipinski definition) is 6. The van der Waals surface area contributed by atoms with Crippen molar-refractivity contribution >= 4 is 33.3 Å². The number of fused-ring (bicyclic) bond motifs is 1. The predicted molar refractivity (Wildman–Crippen MR) is 197 cm³/mol. The van der Waals surface area contributed by atoms with E-state index in [-0.39, 0.29) is 46.5 Å². The van der Waals surface area contributed by atoms with E-state index in [1.807, 2.05) is 65.6 Å². The molecule has 1 heterocycles. The first-order chi connectivity index (χ1) is 25.7. The molecule has 1 aliphatic heterocycles. The molecule has 54 heavy (non-hydrogen) atoms. The van der Waals surface area contributed by atoms with E-state index >= 15 is 4.39 Å². The Morgan fingerprint density at radius 1 is 0.815 bits per heavy atom. The normalized spacial score (nSPS) is 13.2. The smallest absolute Gasteiger partial charge is 0.417 e. The lowest BCUT2D eigenvalue weighted by Crippen LogP contribution is -2.31. The van der Waals surface area contributed by atoms with E-state index in [1.54, 1.807) is 18.2 Å². The number of carbonyl (C=O) groups is 2. The lowest BCUT2D eigenvalue weighted by molar-refractivity contribution is -0.137. The number of imide groups is 1. The Balaban J connectivity index is 1.22. The lowest BCUT2D eigenvalue weighted by Gasteiger charge is -2.29. The number of hydrogen-bond donors (Lipinski definition) is 0. The molecule has 280 valence electrons. The molecule has 1 aliphatic rings. The van der Waals surface area contributed by atoms with Crippen LogP contribution >= 0.6 is 11.6 Å². The van der Waals surface area contributed by atoms with Crippen molar-refractivity contribution in [1.29, 1.82) is 0 Å². The molecule has 0 aromatic heterocycles. The molecule has 0 radical (unpaired) electrons. The SMILES string of the molecule is CS(=O)(=O)c1cc(OCCCN(Cc2cccc(C(F)(F)F)c2Cl)CC(c2ccccc2)c2ccccc2)cc(F)c1CN1C(=O)c2ccccc2C1=O. The Hall–Kier alpha value is -5.04. The molecule has 2 amide bonds. The number of amides is 2. The average molecular weight is 779 g/mol. The third-order valence-electron chi connectivity index (χ3n) is 9.23. The number of rotatable bonds is 14. The highest BCUT2D eigenvalue weighted by Crippen LogP contribution is 2.37. The van der Waals surface area contributed by atoms with Crippen LogP contribution in [0.25, 0.3) is 0 Å². The molecular formula is C41H35ClF4N2O5S. The van der Waals surface area contributed by atoms with E-state index in [9.17, 15) is 31.2 Å². The molecule has 0 fully saturated rings. The van der Waals surface area contributed by atoms with Crippen molar-refractivity contribution in [2.24, 2.45) is 0 Å². The molecular weight excluding hydrogens is 744 g/mol. The highest BCUT2D eigenvalue weighted by Gasteiger charge is 2.37. The third kappa shape index (κ3) is 8.67. The number of benzene rings is 5. The fourth-order valence-corrected chi connectivity index (χ4v) is 7.84. The fourth-order valence-electron chi connectivity index (χ4n) is 6.60. The first-order valence-electron chi connectivity index (χ1n) is 17.0. The summed E-state index contributed by atoms with van der Waals surface area (Å²) in [5, 5.41) is -0.382. The van der Waals surface area contributed by atoms with Crippen molar-refractivity contribution in [2.45, 2.75) is 36.5 Å². The zero-order valence-electron chi connectivity index (χ0n) is 29.0. The Bertz CT molecular complexity index is 2200. The number of ether oxygens (including phenoxy) is 1. The average Bonchev–Trinajstić information content (AvgIpc) is 3.38. The monoisotopic (exact) mass is 778 g/mol. The minimum Gasteiger partial charge on any atom is -0.493 e. The molecule has 0 N–H and O–H groups in total. The molecule has 7 nitrogen and oxygen atoms in total. The Morgan fingerprint density at radius 3 is 1.94 bits per heavy atom. The van der Waals surface area contributed by atoms with E-state index < -0.39 is 50.6 Å². The van der Waals surface area contributed by atoms with Gasteiger partial charge in [0.15, 0.2) is 9.84 Å². The van der Waals surface area contributed by atoms with Gasteiger partial charge in [-0.2, -0.15) is 13.2 Å². The molecule has 6 rings (SSSR count). The summed E-state index contributed by atoms with van der Waals surface area (Å²) < 4.78 is 88.5. The molecule has 0 spiro atoms. The minimum absolute atomic E-state index is 0.00540. The van der Waals surface area contributed by atoms with Gasteiger partial charge in [-0.3, -0.25) is 19.4 Å².